The van der Waals surface area contributed by atoms with Crippen LogP contribution in [0.4, 0.5) is 0 Å². The Balaban J connectivity index is 1.75. The van der Waals surface area contributed by atoms with Gasteiger partial charge >= 0.3 is 11.9 Å². The van der Waals surface area contributed by atoms with Crippen molar-refractivity contribution in [1.29, 1.82) is 0 Å². The maximum Gasteiger partial charge on any atom is 0.326 e. The quantitative estimate of drug-likeness (QED) is 0.221. The van der Waals surface area contributed by atoms with Gasteiger partial charge < -0.3 is 45.4 Å². The van der Waals surface area contributed by atoms with E-state index in [1.54, 1.807) is 36.4 Å². The van der Waals surface area contributed by atoms with Crippen LogP contribution in [0.5, 0.6) is 5.75 Å². The predicted octanol–water partition coefficient (Wildman–Crippen LogP) is -0.420. The number of para-hydroxylation sites is 1. The van der Waals surface area contributed by atoms with E-state index in [4.69, 9.17) is 14.6 Å². The summed E-state index contributed by atoms with van der Waals surface area (Å²) in [6.45, 7) is -0.602. The molecule has 1 saturated heterocycles. The van der Waals surface area contributed by atoms with Crippen LogP contribution in [0.25, 0.3) is 11.1 Å². The van der Waals surface area contributed by atoms with E-state index < -0.39 is 67.6 Å². The minimum absolute atomic E-state index is 0.146. The van der Waals surface area contributed by atoms with Gasteiger partial charge in [0.2, 0.25) is 6.29 Å². The molecule has 7 N–H and O–H groups in total. The van der Waals surface area contributed by atoms with Gasteiger partial charge in [0, 0.05) is 17.5 Å². The Morgan fingerprint density at radius 2 is 1.61 bits per heavy atom. The van der Waals surface area contributed by atoms with E-state index in [0.29, 0.717) is 11.1 Å². The molecule has 0 unspecified atom stereocenters. The standard InChI is InChI=1S/C24H27NO11/c26-11-17-19(29)20(30)21(31)24(36-17)35-16-4-2-1-3-14(16)12-5-7-13(8-6-12)22(32)25-15(23(33)34)9-10-18(27)28/h1-8,15,17,19-21,24,26,29-31H,9-11H2,(H,25,32)(H,27,28)(H,33,34)/t15-,17+,19+,20-,21-,24-/m0/s1. The molecule has 0 aliphatic carbocycles. The summed E-state index contributed by atoms with van der Waals surface area (Å²) in [5.74, 6) is -2.96. The summed E-state index contributed by atoms with van der Waals surface area (Å²) in [5.41, 5.74) is 1.27. The molecule has 1 aliphatic rings. The Kier molecular flexibility index (Phi) is 8.96. The molecule has 0 radical (unpaired) electrons. The molecule has 12 heteroatoms. The van der Waals surface area contributed by atoms with Crippen LogP contribution in [0.2, 0.25) is 0 Å². The van der Waals surface area contributed by atoms with E-state index in [9.17, 15) is 39.9 Å². The fourth-order valence-corrected chi connectivity index (χ4v) is 3.67. The number of carboxylic acid groups (broad SMARTS) is 2. The summed E-state index contributed by atoms with van der Waals surface area (Å²) in [4.78, 5) is 34.5. The average Bonchev–Trinajstić information content (AvgIpc) is 2.86. The highest BCUT2D eigenvalue weighted by Crippen LogP contribution is 2.33. The van der Waals surface area contributed by atoms with Crippen molar-refractivity contribution >= 4 is 17.8 Å². The third-order valence-electron chi connectivity index (χ3n) is 5.69. The maximum atomic E-state index is 12.5. The summed E-state index contributed by atoms with van der Waals surface area (Å²) in [7, 11) is 0. The molecular formula is C24H27NO11. The van der Waals surface area contributed by atoms with Crippen molar-refractivity contribution in [2.45, 2.75) is 49.6 Å². The Morgan fingerprint density at radius 1 is 0.944 bits per heavy atom. The van der Waals surface area contributed by atoms with Crippen molar-refractivity contribution < 1.29 is 54.5 Å². The number of aliphatic carboxylic acids is 2. The molecule has 0 saturated carbocycles. The largest absolute Gasteiger partial charge is 0.481 e. The molecule has 3 rings (SSSR count). The number of hydrogen-bond donors (Lipinski definition) is 7. The molecule has 36 heavy (non-hydrogen) atoms. The number of nitrogens with one attached hydrogen (secondary N) is 1. The van der Waals surface area contributed by atoms with Crippen LogP contribution in [0, 0.1) is 0 Å². The van der Waals surface area contributed by atoms with E-state index in [0.717, 1.165) is 0 Å². The molecule has 12 nitrogen and oxygen atoms in total. The molecule has 0 bridgehead atoms. The number of benzene rings is 2. The minimum atomic E-state index is -1.60. The fraction of sp³-hybridized carbons (Fsp3) is 0.375. The molecule has 2 aromatic rings. The van der Waals surface area contributed by atoms with E-state index in [1.807, 2.05) is 0 Å². The SMILES string of the molecule is O=C(O)CC[C@H](NC(=O)c1ccc(-c2ccccc2O[C@H]2O[C@H](CO)[C@@H](O)[C@H](O)[C@@H]2O)cc1)C(=O)O. The van der Waals surface area contributed by atoms with Crippen molar-refractivity contribution in [3.63, 3.8) is 0 Å². The summed E-state index contributed by atoms with van der Waals surface area (Å²) in [5, 5.41) is 59.8. The summed E-state index contributed by atoms with van der Waals surface area (Å²) >= 11 is 0. The van der Waals surface area contributed by atoms with Crippen molar-refractivity contribution in [3.8, 4) is 16.9 Å². The van der Waals surface area contributed by atoms with E-state index in [1.165, 1.54) is 12.1 Å². The summed E-state index contributed by atoms with van der Waals surface area (Å²) in [6.07, 6.45) is -7.92. The lowest BCUT2D eigenvalue weighted by Crippen LogP contribution is -2.60. The number of rotatable bonds is 10. The molecule has 1 heterocycles. The monoisotopic (exact) mass is 505 g/mol. The normalized spacial score (nSPS) is 24.5. The minimum Gasteiger partial charge on any atom is -0.481 e. The first kappa shape index (κ1) is 27.0. The molecule has 1 fully saturated rings. The molecular weight excluding hydrogens is 478 g/mol. The number of aliphatic hydroxyl groups is 4. The first-order valence-corrected chi connectivity index (χ1v) is 11.0. The van der Waals surface area contributed by atoms with Gasteiger partial charge in [-0.15, -0.1) is 0 Å². The van der Waals surface area contributed by atoms with Gasteiger partial charge in [-0.1, -0.05) is 30.3 Å². The number of carbonyl (C=O) groups excluding carboxylic acids is 1. The molecule has 2 aromatic carbocycles. The number of amides is 1. The number of carbonyl (C=O) groups is 3. The molecule has 6 atom stereocenters. The molecule has 0 aromatic heterocycles. The fourth-order valence-electron chi connectivity index (χ4n) is 3.67. The molecule has 194 valence electrons. The predicted molar refractivity (Wildman–Crippen MR) is 122 cm³/mol. The summed E-state index contributed by atoms with van der Waals surface area (Å²) < 4.78 is 11.2. The van der Waals surface area contributed by atoms with Gasteiger partial charge in [0.25, 0.3) is 5.91 Å². The maximum absolute atomic E-state index is 12.5. The van der Waals surface area contributed by atoms with Crippen LogP contribution in [-0.4, -0.2) is 91.8 Å². The van der Waals surface area contributed by atoms with Crippen LogP contribution in [0.15, 0.2) is 48.5 Å². The number of hydrogen-bond acceptors (Lipinski definition) is 9. The Hall–Kier alpha value is -3.55. The van der Waals surface area contributed by atoms with E-state index in [-0.39, 0.29) is 17.7 Å². The zero-order chi connectivity index (χ0) is 26.4. The lowest BCUT2D eigenvalue weighted by atomic mass is 9.99. The lowest BCUT2D eigenvalue weighted by molar-refractivity contribution is -0.277. The van der Waals surface area contributed by atoms with Crippen LogP contribution < -0.4 is 10.1 Å². The third-order valence-corrected chi connectivity index (χ3v) is 5.69. The van der Waals surface area contributed by atoms with Gasteiger partial charge in [-0.2, -0.15) is 0 Å². The first-order valence-electron chi connectivity index (χ1n) is 11.0. The average molecular weight is 505 g/mol. The van der Waals surface area contributed by atoms with Gasteiger partial charge in [0.05, 0.1) is 6.61 Å². The van der Waals surface area contributed by atoms with E-state index >= 15 is 0 Å². The van der Waals surface area contributed by atoms with Crippen molar-refractivity contribution in [2.75, 3.05) is 6.61 Å². The number of carboxylic acids is 2. The molecule has 1 aliphatic heterocycles. The summed E-state index contributed by atoms with van der Waals surface area (Å²) in [6, 6.07) is 11.4. The van der Waals surface area contributed by atoms with Gasteiger partial charge in [-0.3, -0.25) is 9.59 Å². The highest BCUT2D eigenvalue weighted by molar-refractivity contribution is 5.97. The van der Waals surface area contributed by atoms with Gasteiger partial charge in [0.15, 0.2) is 0 Å². The van der Waals surface area contributed by atoms with Crippen molar-refractivity contribution in [1.82, 2.24) is 5.32 Å². The van der Waals surface area contributed by atoms with Gasteiger partial charge in [-0.05, 0) is 30.2 Å². The molecule has 0 spiro atoms. The van der Waals surface area contributed by atoms with Crippen molar-refractivity contribution in [3.05, 3.63) is 54.1 Å². The highest BCUT2D eigenvalue weighted by Gasteiger charge is 2.44. The van der Waals surface area contributed by atoms with Gasteiger partial charge in [-0.25, -0.2) is 4.79 Å². The van der Waals surface area contributed by atoms with Gasteiger partial charge in [0.1, 0.15) is 36.2 Å². The highest BCUT2D eigenvalue weighted by atomic mass is 16.7. The van der Waals surface area contributed by atoms with Crippen LogP contribution in [0.1, 0.15) is 23.2 Å². The second kappa shape index (κ2) is 11.9. The molecule has 1 amide bonds. The topological polar surface area (TPSA) is 203 Å². The second-order valence-electron chi connectivity index (χ2n) is 8.19. The number of ether oxygens (including phenoxy) is 2. The zero-order valence-corrected chi connectivity index (χ0v) is 18.9. The second-order valence-corrected chi connectivity index (χ2v) is 8.19. The Bertz CT molecular complexity index is 1070. The van der Waals surface area contributed by atoms with Crippen LogP contribution in [0.3, 0.4) is 0 Å². The zero-order valence-electron chi connectivity index (χ0n) is 18.9. The third kappa shape index (κ3) is 6.36. The Morgan fingerprint density at radius 3 is 2.22 bits per heavy atom. The lowest BCUT2D eigenvalue weighted by Gasteiger charge is -2.39. The van der Waals surface area contributed by atoms with Crippen LogP contribution in [-0.2, 0) is 14.3 Å². The van der Waals surface area contributed by atoms with Crippen molar-refractivity contribution in [2.24, 2.45) is 0 Å². The Labute approximate surface area is 205 Å². The van der Waals surface area contributed by atoms with Crippen LogP contribution >= 0.6 is 0 Å². The smallest absolute Gasteiger partial charge is 0.326 e. The van der Waals surface area contributed by atoms with E-state index in [2.05, 4.69) is 5.32 Å². The number of aliphatic hydroxyl groups excluding tert-OH is 4. The first-order chi connectivity index (χ1) is 17.1.